The quantitative estimate of drug-likeness (QED) is 0.664. The van der Waals surface area contributed by atoms with Gasteiger partial charge in [-0.05, 0) is 41.3 Å². The van der Waals surface area contributed by atoms with Gasteiger partial charge in [0.25, 0.3) is 0 Å². The number of rotatable bonds is 7. The molecule has 3 rings (SSSR count). The first-order valence-electron chi connectivity index (χ1n) is 8.43. The molecule has 26 heavy (non-hydrogen) atoms. The largest absolute Gasteiger partial charge is 0.493 e. The summed E-state index contributed by atoms with van der Waals surface area (Å²) in [5, 5.41) is 4.11. The molecule has 134 valence electrons. The summed E-state index contributed by atoms with van der Waals surface area (Å²) in [5.74, 6) is 1.17. The molecule has 0 atom stereocenters. The maximum Gasteiger partial charge on any atom is 0.244 e. The van der Waals surface area contributed by atoms with Crippen LogP contribution in [0, 0.1) is 0 Å². The lowest BCUT2D eigenvalue weighted by atomic mass is 10.2. The Morgan fingerprint density at radius 1 is 1.08 bits per heavy atom. The number of fused-ring (bicyclic) bond motifs is 1. The molecule has 5 heteroatoms. The molecule has 3 aromatic rings. The van der Waals surface area contributed by atoms with E-state index < -0.39 is 0 Å². The summed E-state index contributed by atoms with van der Waals surface area (Å²) in [4.78, 5) is 12.0. The minimum atomic E-state index is -0.128. The van der Waals surface area contributed by atoms with E-state index >= 15 is 0 Å². The Hall–Kier alpha value is -3.21. The third kappa shape index (κ3) is 4.06. The number of amides is 1. The van der Waals surface area contributed by atoms with Gasteiger partial charge in [0.15, 0.2) is 11.5 Å². The highest BCUT2D eigenvalue weighted by atomic mass is 16.5. The first-order chi connectivity index (χ1) is 12.7. The molecule has 0 fully saturated rings. The zero-order chi connectivity index (χ0) is 18.4. The minimum absolute atomic E-state index is 0.128. The van der Waals surface area contributed by atoms with E-state index in [1.54, 1.807) is 20.3 Å². The van der Waals surface area contributed by atoms with Crippen molar-refractivity contribution in [3.8, 4) is 11.5 Å². The Morgan fingerprint density at radius 3 is 2.69 bits per heavy atom. The van der Waals surface area contributed by atoms with Crippen LogP contribution < -0.4 is 14.8 Å². The fraction of sp³-hybridized carbons (Fsp3) is 0.190. The Balaban J connectivity index is 1.55. The van der Waals surface area contributed by atoms with E-state index in [4.69, 9.17) is 9.47 Å². The van der Waals surface area contributed by atoms with Crippen LogP contribution in [0.3, 0.4) is 0 Å². The normalized spacial score (nSPS) is 11.0. The van der Waals surface area contributed by atoms with Crippen molar-refractivity contribution in [3.05, 3.63) is 66.4 Å². The van der Waals surface area contributed by atoms with Crippen molar-refractivity contribution in [1.82, 2.24) is 9.88 Å². The number of methoxy groups -OCH3 is 2. The lowest BCUT2D eigenvalue weighted by Gasteiger charge is -2.08. The Morgan fingerprint density at radius 2 is 1.88 bits per heavy atom. The number of hydrogen-bond donors (Lipinski definition) is 1. The van der Waals surface area contributed by atoms with Gasteiger partial charge in [-0.25, -0.2) is 0 Å². The number of carbonyl (C=O) groups is 1. The van der Waals surface area contributed by atoms with E-state index in [1.165, 1.54) is 17.0 Å². The molecule has 0 bridgehead atoms. The van der Waals surface area contributed by atoms with Crippen LogP contribution >= 0.6 is 0 Å². The Bertz CT molecular complexity index is 928. The van der Waals surface area contributed by atoms with Gasteiger partial charge < -0.3 is 19.4 Å². The van der Waals surface area contributed by atoms with Gasteiger partial charge in [-0.3, -0.25) is 4.79 Å². The first-order valence-corrected chi connectivity index (χ1v) is 8.43. The zero-order valence-corrected chi connectivity index (χ0v) is 14.9. The molecule has 0 saturated carbocycles. The summed E-state index contributed by atoms with van der Waals surface area (Å²) < 4.78 is 12.6. The molecule has 2 aromatic carbocycles. The van der Waals surface area contributed by atoms with Gasteiger partial charge in [0.1, 0.15) is 0 Å². The molecular weight excluding hydrogens is 328 g/mol. The predicted molar refractivity (Wildman–Crippen MR) is 104 cm³/mol. The van der Waals surface area contributed by atoms with E-state index in [1.807, 2.05) is 36.5 Å². The van der Waals surface area contributed by atoms with Crippen LogP contribution in [0.15, 0.2) is 60.8 Å². The van der Waals surface area contributed by atoms with E-state index in [0.29, 0.717) is 18.0 Å². The van der Waals surface area contributed by atoms with Crippen LogP contribution in [0.2, 0.25) is 0 Å². The highest BCUT2D eigenvalue weighted by molar-refractivity contribution is 5.91. The first kappa shape index (κ1) is 17.6. The van der Waals surface area contributed by atoms with Gasteiger partial charge >= 0.3 is 0 Å². The minimum Gasteiger partial charge on any atom is -0.493 e. The van der Waals surface area contributed by atoms with Gasteiger partial charge in [0, 0.05) is 30.9 Å². The molecule has 0 saturated heterocycles. The van der Waals surface area contributed by atoms with E-state index in [9.17, 15) is 4.79 Å². The van der Waals surface area contributed by atoms with E-state index in [2.05, 4.69) is 28.1 Å². The van der Waals surface area contributed by atoms with Crippen LogP contribution in [0.25, 0.3) is 17.0 Å². The zero-order valence-electron chi connectivity index (χ0n) is 14.9. The molecule has 0 aliphatic heterocycles. The fourth-order valence-corrected chi connectivity index (χ4v) is 2.82. The fourth-order valence-electron chi connectivity index (χ4n) is 2.82. The van der Waals surface area contributed by atoms with Gasteiger partial charge in [-0.1, -0.05) is 24.3 Å². The number of benzene rings is 2. The summed E-state index contributed by atoms with van der Waals surface area (Å²) in [5.41, 5.74) is 2.04. The standard InChI is InChI=1S/C21H22N2O3/c1-25-19-9-7-16(15-20(19)26-2)8-10-21(24)22-12-14-23-13-11-17-5-3-4-6-18(17)23/h3-11,13,15H,12,14H2,1-2H3,(H,22,24). The molecule has 0 spiro atoms. The van der Waals surface area contributed by atoms with Crippen LogP contribution in [0.5, 0.6) is 11.5 Å². The number of ether oxygens (including phenoxy) is 2. The molecule has 1 amide bonds. The molecule has 0 aliphatic carbocycles. The average molecular weight is 350 g/mol. The van der Waals surface area contributed by atoms with Gasteiger partial charge in [0.2, 0.25) is 5.91 Å². The molecule has 0 unspecified atom stereocenters. The summed E-state index contributed by atoms with van der Waals surface area (Å²) in [6.07, 6.45) is 5.31. The maximum atomic E-state index is 12.0. The molecule has 5 nitrogen and oxygen atoms in total. The van der Waals surface area contributed by atoms with E-state index in [0.717, 1.165) is 12.1 Å². The lowest BCUT2D eigenvalue weighted by molar-refractivity contribution is -0.116. The van der Waals surface area contributed by atoms with Crippen molar-refractivity contribution in [1.29, 1.82) is 0 Å². The Labute approximate surface area is 152 Å². The predicted octanol–water partition coefficient (Wildman–Crippen LogP) is 3.49. The topological polar surface area (TPSA) is 52.5 Å². The summed E-state index contributed by atoms with van der Waals surface area (Å²) in [6, 6.07) is 15.8. The number of hydrogen-bond acceptors (Lipinski definition) is 3. The van der Waals surface area contributed by atoms with Crippen molar-refractivity contribution < 1.29 is 14.3 Å². The molecule has 0 aliphatic rings. The van der Waals surface area contributed by atoms with Crippen LogP contribution in [0.4, 0.5) is 0 Å². The highest BCUT2D eigenvalue weighted by Gasteiger charge is 2.04. The van der Waals surface area contributed by atoms with E-state index in [-0.39, 0.29) is 5.91 Å². The monoisotopic (exact) mass is 350 g/mol. The second-order valence-corrected chi connectivity index (χ2v) is 5.81. The number of nitrogens with zero attached hydrogens (tertiary/aromatic N) is 1. The van der Waals surface area contributed by atoms with Crippen LogP contribution in [-0.4, -0.2) is 31.2 Å². The van der Waals surface area contributed by atoms with Crippen molar-refractivity contribution in [2.45, 2.75) is 6.54 Å². The van der Waals surface area contributed by atoms with Gasteiger partial charge in [0.05, 0.1) is 14.2 Å². The lowest BCUT2D eigenvalue weighted by Crippen LogP contribution is -2.25. The van der Waals surface area contributed by atoms with Crippen molar-refractivity contribution in [2.75, 3.05) is 20.8 Å². The van der Waals surface area contributed by atoms with Gasteiger partial charge in [-0.15, -0.1) is 0 Å². The molecular formula is C21H22N2O3. The van der Waals surface area contributed by atoms with Crippen molar-refractivity contribution in [3.63, 3.8) is 0 Å². The second kappa shape index (κ2) is 8.25. The molecule has 1 aromatic heterocycles. The molecule has 1 N–H and O–H groups in total. The van der Waals surface area contributed by atoms with Gasteiger partial charge in [-0.2, -0.15) is 0 Å². The summed E-state index contributed by atoms with van der Waals surface area (Å²) in [7, 11) is 3.18. The van der Waals surface area contributed by atoms with Crippen LogP contribution in [-0.2, 0) is 11.3 Å². The number of carbonyl (C=O) groups excluding carboxylic acids is 1. The number of para-hydroxylation sites is 1. The smallest absolute Gasteiger partial charge is 0.244 e. The number of nitrogens with one attached hydrogen (secondary N) is 1. The summed E-state index contributed by atoms with van der Waals surface area (Å²) >= 11 is 0. The van der Waals surface area contributed by atoms with Crippen molar-refractivity contribution >= 4 is 22.9 Å². The third-order valence-corrected chi connectivity index (χ3v) is 4.17. The number of aromatic nitrogens is 1. The Kier molecular flexibility index (Phi) is 5.59. The highest BCUT2D eigenvalue weighted by Crippen LogP contribution is 2.27. The average Bonchev–Trinajstić information content (AvgIpc) is 3.09. The summed E-state index contributed by atoms with van der Waals surface area (Å²) in [6.45, 7) is 1.29. The third-order valence-electron chi connectivity index (χ3n) is 4.17. The van der Waals surface area contributed by atoms with Crippen molar-refractivity contribution in [2.24, 2.45) is 0 Å². The molecule has 1 heterocycles. The molecule has 0 radical (unpaired) electrons. The van der Waals surface area contributed by atoms with Crippen LogP contribution in [0.1, 0.15) is 5.56 Å². The maximum absolute atomic E-state index is 12.0. The second-order valence-electron chi connectivity index (χ2n) is 5.81. The SMILES string of the molecule is COc1ccc(C=CC(=O)NCCn2ccc3ccccc32)cc1OC.